The van der Waals surface area contributed by atoms with Crippen molar-refractivity contribution < 1.29 is 27.5 Å². The van der Waals surface area contributed by atoms with Crippen molar-refractivity contribution in [1.29, 1.82) is 0 Å². The van der Waals surface area contributed by atoms with Gasteiger partial charge in [0.2, 0.25) is 0 Å². The van der Waals surface area contributed by atoms with Gasteiger partial charge in [0.25, 0.3) is 11.8 Å². The molecule has 0 aliphatic carbocycles. The van der Waals surface area contributed by atoms with Gasteiger partial charge in [0.1, 0.15) is 5.75 Å². The lowest BCUT2D eigenvalue weighted by molar-refractivity contribution is -0.274. The summed E-state index contributed by atoms with van der Waals surface area (Å²) < 4.78 is 41.0. The van der Waals surface area contributed by atoms with Crippen LogP contribution in [-0.2, 0) is 13.0 Å². The van der Waals surface area contributed by atoms with Crippen LogP contribution in [0, 0.1) is 0 Å². The number of fused-ring (bicyclic) bond motifs is 1. The summed E-state index contributed by atoms with van der Waals surface area (Å²) in [5, 5.41) is 9.48. The second-order valence-electron chi connectivity index (χ2n) is 5.94. The standard InChI is InChI=1S/C17H17F3N4O3/c1-2-21-15(25)14-12-9-24(7-6-13(12)22-23-14)16(26)10-4-3-5-11(8-10)27-17(18,19)20/h3-5,8H,2,6-7,9H2,1H3,(H,21,25)(H,22,23). The van der Waals surface area contributed by atoms with E-state index in [-0.39, 0.29) is 23.7 Å². The van der Waals surface area contributed by atoms with Gasteiger partial charge in [-0.05, 0) is 25.1 Å². The maximum absolute atomic E-state index is 12.7. The van der Waals surface area contributed by atoms with E-state index < -0.39 is 18.0 Å². The first kappa shape index (κ1) is 18.7. The van der Waals surface area contributed by atoms with Crippen LogP contribution in [0.3, 0.4) is 0 Å². The summed E-state index contributed by atoms with van der Waals surface area (Å²) >= 11 is 0. The molecule has 1 aliphatic rings. The van der Waals surface area contributed by atoms with Gasteiger partial charge < -0.3 is 15.0 Å². The van der Waals surface area contributed by atoms with Crippen LogP contribution in [0.5, 0.6) is 5.75 Å². The lowest BCUT2D eigenvalue weighted by Gasteiger charge is -2.27. The molecule has 0 radical (unpaired) electrons. The fourth-order valence-electron chi connectivity index (χ4n) is 2.91. The minimum absolute atomic E-state index is 0.0725. The van der Waals surface area contributed by atoms with Crippen LogP contribution in [0.2, 0.25) is 0 Å². The summed E-state index contributed by atoms with van der Waals surface area (Å²) in [4.78, 5) is 26.3. The molecule has 2 amide bonds. The molecule has 2 heterocycles. The van der Waals surface area contributed by atoms with Gasteiger partial charge in [-0.25, -0.2) is 0 Å². The Morgan fingerprint density at radius 2 is 2.15 bits per heavy atom. The zero-order chi connectivity index (χ0) is 19.6. The minimum Gasteiger partial charge on any atom is -0.406 e. The van der Waals surface area contributed by atoms with E-state index >= 15 is 0 Å². The van der Waals surface area contributed by atoms with Crippen molar-refractivity contribution >= 4 is 11.8 Å². The van der Waals surface area contributed by atoms with E-state index in [4.69, 9.17) is 0 Å². The number of halogens is 3. The van der Waals surface area contributed by atoms with Crippen LogP contribution in [0.1, 0.15) is 39.0 Å². The Morgan fingerprint density at radius 1 is 1.37 bits per heavy atom. The Labute approximate surface area is 152 Å². The third-order valence-corrected chi connectivity index (χ3v) is 4.09. The lowest BCUT2D eigenvalue weighted by atomic mass is 10.0. The smallest absolute Gasteiger partial charge is 0.406 e. The molecule has 3 rings (SSSR count). The number of nitrogens with zero attached hydrogens (tertiary/aromatic N) is 2. The summed E-state index contributed by atoms with van der Waals surface area (Å²) in [5.41, 5.74) is 1.68. The summed E-state index contributed by atoms with van der Waals surface area (Å²) in [6.07, 6.45) is -4.37. The molecule has 1 aromatic carbocycles. The fourth-order valence-corrected chi connectivity index (χ4v) is 2.91. The summed E-state index contributed by atoms with van der Waals surface area (Å²) in [5.74, 6) is -1.25. The second kappa shape index (κ2) is 7.29. The Morgan fingerprint density at radius 3 is 2.85 bits per heavy atom. The maximum Gasteiger partial charge on any atom is 0.573 e. The molecule has 7 nitrogen and oxygen atoms in total. The molecule has 2 N–H and O–H groups in total. The molecule has 144 valence electrons. The van der Waals surface area contributed by atoms with E-state index in [0.29, 0.717) is 25.1 Å². The van der Waals surface area contributed by atoms with E-state index in [1.165, 1.54) is 17.0 Å². The highest BCUT2D eigenvalue weighted by Crippen LogP contribution is 2.26. The number of hydrogen-bond donors (Lipinski definition) is 2. The minimum atomic E-state index is -4.83. The summed E-state index contributed by atoms with van der Waals surface area (Å²) in [7, 11) is 0. The Kier molecular flexibility index (Phi) is 5.06. The van der Waals surface area contributed by atoms with Gasteiger partial charge in [-0.1, -0.05) is 6.07 Å². The van der Waals surface area contributed by atoms with Gasteiger partial charge in [-0.15, -0.1) is 13.2 Å². The van der Waals surface area contributed by atoms with E-state index in [0.717, 1.165) is 17.8 Å². The van der Waals surface area contributed by atoms with Crippen molar-refractivity contribution in [3.8, 4) is 5.75 Å². The molecule has 10 heteroatoms. The van der Waals surface area contributed by atoms with Crippen LogP contribution >= 0.6 is 0 Å². The number of carbonyl (C=O) groups is 2. The highest BCUT2D eigenvalue weighted by molar-refractivity contribution is 5.96. The van der Waals surface area contributed by atoms with Gasteiger partial charge in [0.05, 0.1) is 6.54 Å². The van der Waals surface area contributed by atoms with E-state index in [2.05, 4.69) is 20.3 Å². The van der Waals surface area contributed by atoms with Crippen molar-refractivity contribution in [3.63, 3.8) is 0 Å². The number of aromatic amines is 1. The van der Waals surface area contributed by atoms with Crippen LogP contribution in [0.4, 0.5) is 13.2 Å². The highest BCUT2D eigenvalue weighted by atomic mass is 19.4. The number of hydrogen-bond acceptors (Lipinski definition) is 4. The molecular weight excluding hydrogens is 365 g/mol. The first-order valence-corrected chi connectivity index (χ1v) is 8.28. The maximum atomic E-state index is 12.7. The number of ether oxygens (including phenoxy) is 1. The molecular formula is C17H17F3N4O3. The van der Waals surface area contributed by atoms with Gasteiger partial charge in [-0.2, -0.15) is 5.10 Å². The number of aromatic nitrogens is 2. The third-order valence-electron chi connectivity index (χ3n) is 4.09. The average Bonchev–Trinajstić information content (AvgIpc) is 3.03. The number of alkyl halides is 3. The first-order chi connectivity index (χ1) is 12.8. The van der Waals surface area contributed by atoms with Crippen LogP contribution in [0.15, 0.2) is 24.3 Å². The van der Waals surface area contributed by atoms with Crippen LogP contribution < -0.4 is 10.1 Å². The Bertz CT molecular complexity index is 863. The van der Waals surface area contributed by atoms with Crippen LogP contribution in [0.25, 0.3) is 0 Å². The topological polar surface area (TPSA) is 87.3 Å². The molecule has 0 spiro atoms. The summed E-state index contributed by atoms with van der Waals surface area (Å²) in [6.45, 7) is 2.71. The highest BCUT2D eigenvalue weighted by Gasteiger charge is 2.32. The number of rotatable bonds is 4. The number of carbonyl (C=O) groups excluding carboxylic acids is 2. The largest absolute Gasteiger partial charge is 0.573 e. The molecule has 0 unspecified atom stereocenters. The molecule has 1 aromatic heterocycles. The first-order valence-electron chi connectivity index (χ1n) is 8.28. The number of H-pyrrole nitrogens is 1. The number of amides is 2. The van der Waals surface area contributed by atoms with Crippen molar-refractivity contribution in [2.24, 2.45) is 0 Å². The molecule has 0 saturated heterocycles. The normalized spacial score (nSPS) is 13.9. The lowest BCUT2D eigenvalue weighted by Crippen LogP contribution is -2.37. The van der Waals surface area contributed by atoms with Gasteiger partial charge in [0.15, 0.2) is 5.69 Å². The monoisotopic (exact) mass is 382 g/mol. The molecule has 2 aromatic rings. The van der Waals surface area contributed by atoms with Crippen LogP contribution in [-0.4, -0.2) is 46.4 Å². The predicted molar refractivity (Wildman–Crippen MR) is 88.2 cm³/mol. The molecule has 0 saturated carbocycles. The fraction of sp³-hybridized carbons (Fsp3) is 0.353. The zero-order valence-electron chi connectivity index (χ0n) is 14.4. The zero-order valence-corrected chi connectivity index (χ0v) is 14.4. The second-order valence-corrected chi connectivity index (χ2v) is 5.94. The van der Waals surface area contributed by atoms with Crippen molar-refractivity contribution in [2.45, 2.75) is 26.3 Å². The van der Waals surface area contributed by atoms with Crippen molar-refractivity contribution in [1.82, 2.24) is 20.4 Å². The molecule has 0 fully saturated rings. The predicted octanol–water partition coefficient (Wildman–Crippen LogP) is 2.26. The van der Waals surface area contributed by atoms with Gasteiger partial charge in [-0.3, -0.25) is 14.7 Å². The van der Waals surface area contributed by atoms with Gasteiger partial charge >= 0.3 is 6.36 Å². The Hall–Kier alpha value is -3.04. The van der Waals surface area contributed by atoms with E-state index in [1.54, 1.807) is 6.92 Å². The van der Waals surface area contributed by atoms with E-state index in [1.807, 2.05) is 0 Å². The number of nitrogens with one attached hydrogen (secondary N) is 2. The third kappa shape index (κ3) is 4.21. The van der Waals surface area contributed by atoms with Crippen molar-refractivity contribution in [2.75, 3.05) is 13.1 Å². The SMILES string of the molecule is CCNC(=O)c1n[nH]c2c1CN(C(=O)c1cccc(OC(F)(F)F)c1)CC2. The number of benzene rings is 1. The molecule has 0 bridgehead atoms. The molecule has 27 heavy (non-hydrogen) atoms. The van der Waals surface area contributed by atoms with Crippen molar-refractivity contribution in [3.05, 3.63) is 46.8 Å². The van der Waals surface area contributed by atoms with E-state index in [9.17, 15) is 22.8 Å². The Balaban J connectivity index is 1.79. The van der Waals surface area contributed by atoms with Gasteiger partial charge in [0, 0.05) is 36.3 Å². The molecule has 0 atom stereocenters. The average molecular weight is 382 g/mol. The molecule has 1 aliphatic heterocycles. The quantitative estimate of drug-likeness (QED) is 0.849. The summed E-state index contributed by atoms with van der Waals surface area (Å²) in [6, 6.07) is 4.91.